The molecule has 1 aromatic carbocycles. The van der Waals surface area contributed by atoms with Gasteiger partial charge in [0.25, 0.3) is 0 Å². The lowest BCUT2D eigenvalue weighted by Crippen LogP contribution is -1.94. The molecule has 1 aromatic heterocycles. The Kier molecular flexibility index (Phi) is 3.34. The highest BCUT2D eigenvalue weighted by atomic mass is 19.1. The van der Waals surface area contributed by atoms with Gasteiger partial charge in [0.2, 0.25) is 11.8 Å². The fourth-order valence-electron chi connectivity index (χ4n) is 1.31. The van der Waals surface area contributed by atoms with Crippen molar-refractivity contribution in [2.45, 2.75) is 0 Å². The van der Waals surface area contributed by atoms with Gasteiger partial charge < -0.3 is 9.47 Å². The van der Waals surface area contributed by atoms with Gasteiger partial charge in [-0.3, -0.25) is 0 Å². The van der Waals surface area contributed by atoms with Crippen molar-refractivity contribution >= 4 is 0 Å². The third-order valence-corrected chi connectivity index (χ3v) is 2.12. The number of aromatic nitrogens is 2. The Hall–Kier alpha value is -2.68. The zero-order valence-corrected chi connectivity index (χ0v) is 9.42. The summed E-state index contributed by atoms with van der Waals surface area (Å²) in [4.78, 5) is 7.08. The normalized spacial score (nSPS) is 9.61. The fraction of sp³-hybridized carbons (Fsp3) is 0.0833. The summed E-state index contributed by atoms with van der Waals surface area (Å²) >= 11 is 0. The van der Waals surface area contributed by atoms with Gasteiger partial charge in [-0.1, -0.05) is 0 Å². The summed E-state index contributed by atoms with van der Waals surface area (Å²) in [6.07, 6.45) is 1.06. The first-order chi connectivity index (χ1) is 8.72. The average molecular weight is 245 g/mol. The molecule has 0 aliphatic carbocycles. The van der Waals surface area contributed by atoms with Crippen molar-refractivity contribution < 1.29 is 13.9 Å². The zero-order chi connectivity index (χ0) is 13.0. The molecule has 0 fully saturated rings. The molecule has 0 spiro atoms. The van der Waals surface area contributed by atoms with E-state index >= 15 is 0 Å². The number of halogens is 1. The highest BCUT2D eigenvalue weighted by molar-refractivity contribution is 5.47. The molecule has 0 unspecified atom stereocenters. The number of nitriles is 1. The van der Waals surface area contributed by atoms with E-state index in [0.717, 1.165) is 12.4 Å². The first-order valence-corrected chi connectivity index (χ1v) is 4.96. The summed E-state index contributed by atoms with van der Waals surface area (Å²) in [5.74, 6) is 0.0841. The molecule has 0 atom stereocenters. The second-order valence-corrected chi connectivity index (χ2v) is 3.26. The van der Waals surface area contributed by atoms with Gasteiger partial charge >= 0.3 is 0 Å². The Labute approximate surface area is 102 Å². The van der Waals surface area contributed by atoms with Crippen molar-refractivity contribution in [1.82, 2.24) is 9.97 Å². The van der Waals surface area contributed by atoms with Crippen molar-refractivity contribution in [2.75, 3.05) is 7.11 Å². The van der Waals surface area contributed by atoms with Gasteiger partial charge in [-0.05, 0) is 12.1 Å². The average Bonchev–Trinajstić information content (AvgIpc) is 2.39. The van der Waals surface area contributed by atoms with Crippen LogP contribution in [0.25, 0.3) is 0 Å². The van der Waals surface area contributed by atoms with Crippen LogP contribution in [0.15, 0.2) is 30.6 Å². The van der Waals surface area contributed by atoms with Gasteiger partial charge in [-0.2, -0.15) is 9.65 Å². The minimum atomic E-state index is -0.687. The van der Waals surface area contributed by atoms with E-state index in [1.165, 1.54) is 13.2 Å². The van der Waals surface area contributed by atoms with E-state index in [4.69, 9.17) is 14.7 Å². The Morgan fingerprint density at radius 2 is 2.06 bits per heavy atom. The van der Waals surface area contributed by atoms with Crippen molar-refractivity contribution in [1.29, 1.82) is 5.26 Å². The Morgan fingerprint density at radius 3 is 2.72 bits per heavy atom. The number of benzene rings is 1. The van der Waals surface area contributed by atoms with Crippen molar-refractivity contribution in [3.63, 3.8) is 0 Å². The summed E-state index contributed by atoms with van der Waals surface area (Å²) in [5.41, 5.74) is 0.438. The molecular formula is C12H8FN3O2. The quantitative estimate of drug-likeness (QED) is 0.776. The molecule has 0 bridgehead atoms. The van der Waals surface area contributed by atoms with E-state index in [2.05, 4.69) is 9.97 Å². The largest absolute Gasteiger partial charge is 0.493 e. The highest BCUT2D eigenvalue weighted by Crippen LogP contribution is 2.31. The summed E-state index contributed by atoms with van der Waals surface area (Å²) in [7, 11) is 1.45. The van der Waals surface area contributed by atoms with E-state index in [1.54, 1.807) is 12.1 Å². The molecule has 0 saturated carbocycles. The maximum absolute atomic E-state index is 12.9. The maximum atomic E-state index is 12.9. The molecule has 1 heterocycles. The van der Waals surface area contributed by atoms with Crippen LogP contribution in [0.5, 0.6) is 17.4 Å². The van der Waals surface area contributed by atoms with E-state index < -0.39 is 5.95 Å². The Morgan fingerprint density at radius 1 is 1.22 bits per heavy atom. The smallest absolute Gasteiger partial charge is 0.225 e. The maximum Gasteiger partial charge on any atom is 0.225 e. The van der Waals surface area contributed by atoms with Gasteiger partial charge in [0.05, 0.1) is 24.8 Å². The molecule has 0 radical (unpaired) electrons. The predicted octanol–water partition coefficient (Wildman–Crippen LogP) is 2.29. The fourth-order valence-corrected chi connectivity index (χ4v) is 1.31. The molecule has 0 N–H and O–H groups in total. The van der Waals surface area contributed by atoms with Crippen molar-refractivity contribution in [3.05, 3.63) is 42.1 Å². The van der Waals surface area contributed by atoms with E-state index in [0.29, 0.717) is 17.1 Å². The number of nitrogens with zero attached hydrogens (tertiary/aromatic N) is 3. The second-order valence-electron chi connectivity index (χ2n) is 3.26. The lowest BCUT2D eigenvalue weighted by Gasteiger charge is -2.09. The number of methoxy groups -OCH3 is 1. The van der Waals surface area contributed by atoms with Gasteiger partial charge in [0.15, 0.2) is 11.5 Å². The third-order valence-electron chi connectivity index (χ3n) is 2.12. The van der Waals surface area contributed by atoms with Crippen LogP contribution in [0.1, 0.15) is 5.56 Å². The predicted molar refractivity (Wildman–Crippen MR) is 59.8 cm³/mol. The SMILES string of the molecule is COc1cc(C#N)ccc1Oc1cc(F)ncn1. The lowest BCUT2D eigenvalue weighted by atomic mass is 10.2. The molecule has 2 rings (SSSR count). The van der Waals surface area contributed by atoms with E-state index in [9.17, 15) is 4.39 Å². The van der Waals surface area contributed by atoms with Crippen LogP contribution in [0.2, 0.25) is 0 Å². The summed E-state index contributed by atoms with van der Waals surface area (Å²) in [5, 5.41) is 8.76. The summed E-state index contributed by atoms with van der Waals surface area (Å²) < 4.78 is 23.3. The van der Waals surface area contributed by atoms with Crippen LogP contribution in [0.4, 0.5) is 4.39 Å². The van der Waals surface area contributed by atoms with Crippen LogP contribution in [-0.4, -0.2) is 17.1 Å². The molecule has 0 saturated heterocycles. The molecule has 6 heteroatoms. The van der Waals surface area contributed by atoms with Crippen molar-refractivity contribution in [2.24, 2.45) is 0 Å². The van der Waals surface area contributed by atoms with Crippen LogP contribution >= 0.6 is 0 Å². The molecule has 0 aliphatic heterocycles. The standard InChI is InChI=1S/C12H8FN3O2/c1-17-10-4-8(6-14)2-3-9(10)18-12-5-11(13)15-7-16-12/h2-5,7H,1H3. The first-order valence-electron chi connectivity index (χ1n) is 4.96. The lowest BCUT2D eigenvalue weighted by molar-refractivity contribution is 0.372. The van der Waals surface area contributed by atoms with Crippen LogP contribution in [0, 0.1) is 17.3 Å². The van der Waals surface area contributed by atoms with Gasteiger partial charge in [0, 0.05) is 6.07 Å². The zero-order valence-electron chi connectivity index (χ0n) is 9.42. The number of ether oxygens (including phenoxy) is 2. The number of hydrogen-bond donors (Lipinski definition) is 0. The van der Waals surface area contributed by atoms with E-state index in [-0.39, 0.29) is 5.88 Å². The first kappa shape index (κ1) is 11.8. The topological polar surface area (TPSA) is 68.0 Å². The Balaban J connectivity index is 2.32. The Bertz CT molecular complexity index is 611. The molecule has 0 aliphatic rings. The second kappa shape index (κ2) is 5.10. The molecule has 18 heavy (non-hydrogen) atoms. The summed E-state index contributed by atoms with van der Waals surface area (Å²) in [6.45, 7) is 0. The van der Waals surface area contributed by atoms with Crippen LogP contribution in [0.3, 0.4) is 0 Å². The molecule has 0 amide bonds. The molecule has 90 valence electrons. The van der Waals surface area contributed by atoms with Gasteiger partial charge in [0.1, 0.15) is 6.33 Å². The van der Waals surface area contributed by atoms with Gasteiger partial charge in [-0.15, -0.1) is 0 Å². The third kappa shape index (κ3) is 2.52. The number of rotatable bonds is 3. The van der Waals surface area contributed by atoms with Crippen LogP contribution < -0.4 is 9.47 Å². The van der Waals surface area contributed by atoms with Crippen molar-refractivity contribution in [3.8, 4) is 23.4 Å². The molecular weight excluding hydrogens is 237 g/mol. The summed E-state index contributed by atoms with van der Waals surface area (Å²) in [6, 6.07) is 7.67. The van der Waals surface area contributed by atoms with Crippen LogP contribution in [-0.2, 0) is 0 Å². The molecule has 2 aromatic rings. The minimum absolute atomic E-state index is 0.0607. The van der Waals surface area contributed by atoms with E-state index in [1.807, 2.05) is 6.07 Å². The molecule has 5 nitrogen and oxygen atoms in total. The highest BCUT2D eigenvalue weighted by Gasteiger charge is 2.08. The minimum Gasteiger partial charge on any atom is -0.493 e. The number of hydrogen-bond acceptors (Lipinski definition) is 5. The van der Waals surface area contributed by atoms with Gasteiger partial charge in [-0.25, -0.2) is 9.97 Å². The monoisotopic (exact) mass is 245 g/mol.